The van der Waals surface area contributed by atoms with Gasteiger partial charge in [0.2, 0.25) is 0 Å². The molecule has 5 heteroatoms. The molecule has 3 N–H and O–H groups in total. The summed E-state index contributed by atoms with van der Waals surface area (Å²) in [4.78, 5) is 11.4. The van der Waals surface area contributed by atoms with Gasteiger partial charge in [0.25, 0.3) is 0 Å². The molecular weight excluding hydrogens is 284 g/mol. The molecule has 0 radical (unpaired) electrons. The number of nitrogen functional groups attached to an aromatic ring is 1. The van der Waals surface area contributed by atoms with Crippen molar-refractivity contribution in [1.29, 1.82) is 0 Å². The summed E-state index contributed by atoms with van der Waals surface area (Å²) >= 11 is 3.32. The minimum Gasteiger partial charge on any atom is -0.444 e. The van der Waals surface area contributed by atoms with Gasteiger partial charge in [0.1, 0.15) is 5.60 Å². The van der Waals surface area contributed by atoms with Gasteiger partial charge >= 0.3 is 6.09 Å². The van der Waals surface area contributed by atoms with Gasteiger partial charge in [-0.3, -0.25) is 0 Å². The van der Waals surface area contributed by atoms with Crippen molar-refractivity contribution < 1.29 is 9.53 Å². The largest absolute Gasteiger partial charge is 0.444 e. The number of benzene rings is 1. The van der Waals surface area contributed by atoms with E-state index < -0.39 is 11.7 Å². The van der Waals surface area contributed by atoms with Crippen LogP contribution in [0.25, 0.3) is 0 Å². The van der Waals surface area contributed by atoms with Gasteiger partial charge in [0.15, 0.2) is 0 Å². The van der Waals surface area contributed by atoms with Gasteiger partial charge in [-0.1, -0.05) is 22.0 Å². The molecule has 0 saturated carbocycles. The van der Waals surface area contributed by atoms with Crippen LogP contribution in [0, 0.1) is 0 Å². The van der Waals surface area contributed by atoms with Gasteiger partial charge in [-0.2, -0.15) is 0 Å². The third-order valence-electron chi connectivity index (χ3n) is 1.93. The minimum absolute atomic E-state index is 0.355. The molecule has 94 valence electrons. The number of halogens is 1. The molecule has 1 aromatic carbocycles. The van der Waals surface area contributed by atoms with Gasteiger partial charge in [-0.15, -0.1) is 0 Å². The quantitative estimate of drug-likeness (QED) is 0.825. The number of hydrogen-bond acceptors (Lipinski definition) is 3. The number of nitrogens with one attached hydrogen (secondary N) is 1. The number of hydrogen-bond donors (Lipinski definition) is 2. The number of ether oxygens (including phenoxy) is 1. The van der Waals surface area contributed by atoms with Crippen molar-refractivity contribution in [1.82, 2.24) is 5.32 Å². The zero-order valence-corrected chi connectivity index (χ0v) is 11.8. The average molecular weight is 301 g/mol. The van der Waals surface area contributed by atoms with Crippen molar-refractivity contribution >= 4 is 27.7 Å². The van der Waals surface area contributed by atoms with Gasteiger partial charge in [0.05, 0.1) is 0 Å². The number of carbonyl (C=O) groups is 1. The lowest BCUT2D eigenvalue weighted by molar-refractivity contribution is 0.0523. The standard InChI is InChI=1S/C12H17BrN2O2/c1-12(2,3)17-11(16)15-7-8-4-5-9(13)6-10(8)14/h4-6H,7,14H2,1-3H3,(H,15,16). The second-order valence-electron chi connectivity index (χ2n) is 4.70. The van der Waals surface area contributed by atoms with Crippen molar-refractivity contribution in [2.45, 2.75) is 32.9 Å². The van der Waals surface area contributed by atoms with Crippen molar-refractivity contribution in [3.63, 3.8) is 0 Å². The van der Waals surface area contributed by atoms with Crippen molar-refractivity contribution in [3.05, 3.63) is 28.2 Å². The molecule has 0 bridgehead atoms. The molecule has 0 spiro atoms. The lowest BCUT2D eigenvalue weighted by Crippen LogP contribution is -2.32. The number of alkyl carbamates (subject to hydrolysis) is 1. The maximum atomic E-state index is 11.4. The van der Waals surface area contributed by atoms with Crippen LogP contribution in [0.3, 0.4) is 0 Å². The highest BCUT2D eigenvalue weighted by molar-refractivity contribution is 9.10. The van der Waals surface area contributed by atoms with Gasteiger partial charge in [-0.25, -0.2) is 4.79 Å². The van der Waals surface area contributed by atoms with E-state index >= 15 is 0 Å². The summed E-state index contributed by atoms with van der Waals surface area (Å²) < 4.78 is 6.04. The van der Waals surface area contributed by atoms with Crippen molar-refractivity contribution in [3.8, 4) is 0 Å². The Morgan fingerprint density at radius 3 is 2.65 bits per heavy atom. The van der Waals surface area contributed by atoms with E-state index in [0.29, 0.717) is 12.2 Å². The molecule has 0 unspecified atom stereocenters. The molecule has 4 nitrogen and oxygen atoms in total. The Kier molecular flexibility index (Phi) is 4.40. The molecule has 1 amide bonds. The molecule has 1 aromatic rings. The third-order valence-corrected chi connectivity index (χ3v) is 2.42. The Balaban J connectivity index is 2.53. The Hall–Kier alpha value is -1.23. The van der Waals surface area contributed by atoms with Crippen LogP contribution in [-0.4, -0.2) is 11.7 Å². The fourth-order valence-corrected chi connectivity index (χ4v) is 1.59. The van der Waals surface area contributed by atoms with Gasteiger partial charge in [-0.05, 0) is 38.5 Å². The molecule has 0 aliphatic heterocycles. The predicted octanol–water partition coefficient (Wildman–Crippen LogP) is 3.06. The maximum absolute atomic E-state index is 11.4. The van der Waals surface area contributed by atoms with Crippen LogP contribution in [0.2, 0.25) is 0 Å². The smallest absolute Gasteiger partial charge is 0.407 e. The Morgan fingerprint density at radius 1 is 1.47 bits per heavy atom. The summed E-state index contributed by atoms with van der Waals surface area (Å²) in [6, 6.07) is 5.53. The van der Waals surface area contributed by atoms with Crippen LogP contribution in [0.1, 0.15) is 26.3 Å². The lowest BCUT2D eigenvalue weighted by Gasteiger charge is -2.19. The van der Waals surface area contributed by atoms with Crippen LogP contribution in [0.15, 0.2) is 22.7 Å². The van der Waals surface area contributed by atoms with Crippen LogP contribution < -0.4 is 11.1 Å². The van der Waals surface area contributed by atoms with Crippen molar-refractivity contribution in [2.24, 2.45) is 0 Å². The number of rotatable bonds is 2. The minimum atomic E-state index is -0.491. The molecule has 0 aliphatic rings. The third kappa shape index (κ3) is 5.08. The summed E-state index contributed by atoms with van der Waals surface area (Å²) in [5.41, 5.74) is 6.82. The zero-order valence-electron chi connectivity index (χ0n) is 10.2. The Bertz CT molecular complexity index is 413. The van der Waals surface area contributed by atoms with Crippen LogP contribution >= 0.6 is 15.9 Å². The molecule has 0 heterocycles. The molecule has 0 atom stereocenters. The molecule has 17 heavy (non-hydrogen) atoms. The average Bonchev–Trinajstić information content (AvgIpc) is 2.13. The fraction of sp³-hybridized carbons (Fsp3) is 0.417. The number of carbonyl (C=O) groups excluding carboxylic acids is 1. The molecule has 0 saturated heterocycles. The number of nitrogens with two attached hydrogens (primary N) is 1. The highest BCUT2D eigenvalue weighted by Crippen LogP contribution is 2.18. The Labute approximate surface area is 110 Å². The first-order valence-corrected chi connectivity index (χ1v) is 6.08. The van der Waals surface area contributed by atoms with Gasteiger partial charge < -0.3 is 15.8 Å². The zero-order chi connectivity index (χ0) is 13.1. The lowest BCUT2D eigenvalue weighted by atomic mass is 10.2. The topological polar surface area (TPSA) is 64.3 Å². The van der Waals surface area contributed by atoms with E-state index in [9.17, 15) is 4.79 Å². The van der Waals surface area contributed by atoms with E-state index in [0.717, 1.165) is 10.0 Å². The highest BCUT2D eigenvalue weighted by atomic mass is 79.9. The molecule has 0 aliphatic carbocycles. The summed E-state index contributed by atoms with van der Waals surface area (Å²) in [7, 11) is 0. The predicted molar refractivity (Wildman–Crippen MR) is 71.6 cm³/mol. The van der Waals surface area contributed by atoms with Gasteiger partial charge in [0, 0.05) is 16.7 Å². The van der Waals surface area contributed by atoms with E-state index in [1.807, 2.05) is 32.9 Å². The van der Waals surface area contributed by atoms with E-state index in [4.69, 9.17) is 10.5 Å². The molecule has 0 fully saturated rings. The molecular formula is C12H17BrN2O2. The monoisotopic (exact) mass is 300 g/mol. The number of amides is 1. The normalized spacial score (nSPS) is 11.1. The SMILES string of the molecule is CC(C)(C)OC(=O)NCc1ccc(Br)cc1N. The van der Waals surface area contributed by atoms with E-state index in [1.165, 1.54) is 0 Å². The summed E-state index contributed by atoms with van der Waals surface area (Å²) in [6.45, 7) is 5.82. The second-order valence-corrected chi connectivity index (χ2v) is 5.61. The summed E-state index contributed by atoms with van der Waals surface area (Å²) in [5, 5.41) is 2.66. The first-order chi connectivity index (χ1) is 7.78. The molecule has 1 rings (SSSR count). The highest BCUT2D eigenvalue weighted by Gasteiger charge is 2.15. The second kappa shape index (κ2) is 5.40. The number of anilines is 1. The van der Waals surface area contributed by atoms with E-state index in [2.05, 4.69) is 21.2 Å². The fourth-order valence-electron chi connectivity index (χ4n) is 1.21. The van der Waals surface area contributed by atoms with Crippen molar-refractivity contribution in [2.75, 3.05) is 5.73 Å². The van der Waals surface area contributed by atoms with E-state index in [-0.39, 0.29) is 0 Å². The first-order valence-electron chi connectivity index (χ1n) is 5.29. The van der Waals surface area contributed by atoms with E-state index in [1.54, 1.807) is 6.07 Å². The maximum Gasteiger partial charge on any atom is 0.407 e. The summed E-state index contributed by atoms with van der Waals surface area (Å²) in [5.74, 6) is 0. The first kappa shape index (κ1) is 13.8. The van der Waals surface area contributed by atoms with Crippen LogP contribution in [0.4, 0.5) is 10.5 Å². The molecule has 0 aromatic heterocycles. The Morgan fingerprint density at radius 2 is 2.12 bits per heavy atom. The van der Waals surface area contributed by atoms with Crippen LogP contribution in [-0.2, 0) is 11.3 Å². The van der Waals surface area contributed by atoms with Crippen LogP contribution in [0.5, 0.6) is 0 Å². The summed E-state index contributed by atoms with van der Waals surface area (Å²) in [6.07, 6.45) is -0.445.